The maximum atomic E-state index is 12.4. The third-order valence-corrected chi connectivity index (χ3v) is 5.02. The van der Waals surface area contributed by atoms with E-state index in [-0.39, 0.29) is 10.5 Å². The van der Waals surface area contributed by atoms with Gasteiger partial charge >= 0.3 is 5.97 Å². The number of ether oxygens (including phenoxy) is 2. The lowest BCUT2D eigenvalue weighted by molar-refractivity contribution is -0.119. The Kier molecular flexibility index (Phi) is 5.81. The summed E-state index contributed by atoms with van der Waals surface area (Å²) in [4.78, 5) is 24.4. The smallest absolute Gasteiger partial charge is 0.342 e. The first-order valence-electron chi connectivity index (χ1n) is 8.44. The van der Waals surface area contributed by atoms with Crippen LogP contribution in [0.1, 0.15) is 10.4 Å². The van der Waals surface area contributed by atoms with E-state index in [2.05, 4.69) is 5.32 Å². The molecule has 8 nitrogen and oxygen atoms in total. The molecule has 0 spiro atoms. The monoisotopic (exact) mass is 414 g/mol. The molecule has 0 aliphatic carbocycles. The number of sulfonamides is 1. The number of hydrogen-bond donors (Lipinski definition) is 2. The minimum absolute atomic E-state index is 0.0784. The summed E-state index contributed by atoms with van der Waals surface area (Å²) in [5, 5.41) is 9.26. The van der Waals surface area contributed by atoms with Gasteiger partial charge < -0.3 is 14.8 Å². The number of carbonyl (C=O) groups is 2. The number of methoxy groups -OCH3 is 1. The highest BCUT2D eigenvalue weighted by Crippen LogP contribution is 2.26. The molecule has 0 aromatic heterocycles. The van der Waals surface area contributed by atoms with E-state index in [4.69, 9.17) is 14.6 Å². The van der Waals surface area contributed by atoms with Gasteiger partial charge in [0.1, 0.15) is 11.3 Å². The predicted octanol–water partition coefficient (Wildman–Crippen LogP) is 2.29. The summed E-state index contributed by atoms with van der Waals surface area (Å²) < 4.78 is 32.8. The molecule has 3 aromatic rings. The molecule has 1 amide bonds. The molecule has 0 atom stereocenters. The zero-order valence-corrected chi connectivity index (χ0v) is 16.2. The summed E-state index contributed by atoms with van der Waals surface area (Å²) in [6.45, 7) is -0.522. The Hall–Kier alpha value is -3.43. The molecule has 29 heavy (non-hydrogen) atoms. The zero-order chi connectivity index (χ0) is 21.0. The number of anilines is 1. The van der Waals surface area contributed by atoms with Crippen LogP contribution in [0.3, 0.4) is 0 Å². The number of benzene rings is 3. The topological polar surface area (TPSA) is 125 Å². The molecular weight excluding hydrogens is 396 g/mol. The third-order valence-electron chi connectivity index (χ3n) is 4.09. The average molecular weight is 414 g/mol. The van der Waals surface area contributed by atoms with Crippen LogP contribution >= 0.6 is 0 Å². The fourth-order valence-electron chi connectivity index (χ4n) is 2.68. The summed E-state index contributed by atoms with van der Waals surface area (Å²) in [6.07, 6.45) is 0. The van der Waals surface area contributed by atoms with Crippen molar-refractivity contribution in [2.24, 2.45) is 5.14 Å². The minimum Gasteiger partial charge on any atom is -0.496 e. The highest BCUT2D eigenvalue weighted by Gasteiger charge is 2.17. The van der Waals surface area contributed by atoms with Crippen LogP contribution in [0.25, 0.3) is 10.8 Å². The van der Waals surface area contributed by atoms with Crippen molar-refractivity contribution in [3.8, 4) is 5.75 Å². The second-order valence-corrected chi connectivity index (χ2v) is 7.65. The van der Waals surface area contributed by atoms with Crippen LogP contribution in [0.2, 0.25) is 0 Å². The fourth-order valence-corrected chi connectivity index (χ4v) is 3.20. The zero-order valence-electron chi connectivity index (χ0n) is 15.4. The van der Waals surface area contributed by atoms with Crippen LogP contribution < -0.4 is 15.2 Å². The van der Waals surface area contributed by atoms with E-state index in [1.807, 2.05) is 24.3 Å². The molecule has 150 valence electrons. The van der Waals surface area contributed by atoms with Crippen molar-refractivity contribution in [2.45, 2.75) is 4.90 Å². The van der Waals surface area contributed by atoms with Gasteiger partial charge in [-0.3, -0.25) is 4.79 Å². The fraction of sp³-hybridized carbons (Fsp3) is 0.100. The summed E-state index contributed by atoms with van der Waals surface area (Å²) in [6, 6.07) is 16.1. The first kappa shape index (κ1) is 20.3. The highest BCUT2D eigenvalue weighted by molar-refractivity contribution is 7.89. The summed E-state index contributed by atoms with van der Waals surface area (Å²) in [7, 11) is -2.37. The number of primary sulfonamides is 1. The van der Waals surface area contributed by atoms with Crippen molar-refractivity contribution in [3.63, 3.8) is 0 Å². The van der Waals surface area contributed by atoms with Gasteiger partial charge in [0.25, 0.3) is 5.91 Å². The van der Waals surface area contributed by atoms with Crippen LogP contribution in [0.15, 0.2) is 65.6 Å². The number of hydrogen-bond acceptors (Lipinski definition) is 6. The average Bonchev–Trinajstić information content (AvgIpc) is 2.70. The Morgan fingerprint density at radius 3 is 2.21 bits per heavy atom. The van der Waals surface area contributed by atoms with E-state index in [0.29, 0.717) is 11.4 Å². The number of esters is 1. The Balaban J connectivity index is 1.66. The number of nitrogens with one attached hydrogen (secondary N) is 1. The normalized spacial score (nSPS) is 11.1. The van der Waals surface area contributed by atoms with Crippen LogP contribution in [0, 0.1) is 0 Å². The number of fused-ring (bicyclic) bond motifs is 1. The van der Waals surface area contributed by atoms with Gasteiger partial charge in [0, 0.05) is 5.69 Å². The van der Waals surface area contributed by atoms with Crippen LogP contribution in [-0.2, 0) is 19.6 Å². The molecule has 0 aliphatic rings. The molecule has 3 rings (SSSR count). The number of rotatable bonds is 6. The molecule has 3 N–H and O–H groups in total. The van der Waals surface area contributed by atoms with Crippen molar-refractivity contribution >= 4 is 38.4 Å². The third kappa shape index (κ3) is 4.89. The maximum Gasteiger partial charge on any atom is 0.342 e. The summed E-state index contributed by atoms with van der Waals surface area (Å²) in [5.41, 5.74) is 0.540. The van der Waals surface area contributed by atoms with Gasteiger partial charge in [-0.2, -0.15) is 0 Å². The Labute approximate surface area is 167 Å². The molecule has 0 fully saturated rings. The molecular formula is C20H18N2O6S. The first-order chi connectivity index (χ1) is 13.8. The lowest BCUT2D eigenvalue weighted by atomic mass is 10.1. The Morgan fingerprint density at radius 1 is 1.00 bits per heavy atom. The highest BCUT2D eigenvalue weighted by atomic mass is 32.2. The van der Waals surface area contributed by atoms with Gasteiger partial charge in [-0.25, -0.2) is 18.4 Å². The summed E-state index contributed by atoms with van der Waals surface area (Å²) >= 11 is 0. The second kappa shape index (κ2) is 8.29. The minimum atomic E-state index is -3.82. The van der Waals surface area contributed by atoms with Gasteiger partial charge in [-0.05, 0) is 47.2 Å². The van der Waals surface area contributed by atoms with Crippen molar-refractivity contribution in [1.29, 1.82) is 0 Å². The van der Waals surface area contributed by atoms with E-state index >= 15 is 0 Å². The number of nitrogens with two attached hydrogens (primary N) is 1. The number of amides is 1. The Bertz CT molecular complexity index is 1170. The Morgan fingerprint density at radius 2 is 1.62 bits per heavy atom. The quantitative estimate of drug-likeness (QED) is 0.596. The first-order valence-corrected chi connectivity index (χ1v) is 9.99. The number of carbonyl (C=O) groups excluding carboxylic acids is 2. The molecule has 0 saturated carbocycles. The van der Waals surface area contributed by atoms with E-state index in [1.165, 1.54) is 31.4 Å². The van der Waals surface area contributed by atoms with E-state index in [1.54, 1.807) is 12.1 Å². The summed E-state index contributed by atoms with van der Waals surface area (Å²) in [5.74, 6) is -0.943. The van der Waals surface area contributed by atoms with E-state index in [0.717, 1.165) is 10.8 Å². The molecule has 0 heterocycles. The molecule has 0 radical (unpaired) electrons. The second-order valence-electron chi connectivity index (χ2n) is 6.09. The van der Waals surface area contributed by atoms with E-state index < -0.39 is 28.5 Å². The standard InChI is InChI=1S/C20H18N2O6S/c1-27-18-11-14-5-3-2-4-13(14)10-17(18)20(24)28-12-19(23)22-15-6-8-16(9-7-15)29(21,25)26/h2-11H,12H2,1H3,(H,22,23)(H2,21,25,26). The van der Waals surface area contributed by atoms with E-state index in [9.17, 15) is 18.0 Å². The molecule has 0 aliphatic heterocycles. The van der Waals surface area contributed by atoms with Gasteiger partial charge in [0.05, 0.1) is 12.0 Å². The van der Waals surface area contributed by atoms with Crippen molar-refractivity contribution in [1.82, 2.24) is 0 Å². The van der Waals surface area contributed by atoms with Crippen molar-refractivity contribution in [2.75, 3.05) is 19.0 Å². The molecule has 9 heteroatoms. The van der Waals surface area contributed by atoms with Gasteiger partial charge in [-0.15, -0.1) is 0 Å². The van der Waals surface area contributed by atoms with Gasteiger partial charge in [0.2, 0.25) is 10.0 Å². The molecule has 0 saturated heterocycles. The molecule has 3 aromatic carbocycles. The SMILES string of the molecule is COc1cc2ccccc2cc1C(=O)OCC(=O)Nc1ccc(S(N)(=O)=O)cc1. The molecule has 0 bridgehead atoms. The lowest BCUT2D eigenvalue weighted by Crippen LogP contribution is -2.21. The van der Waals surface area contributed by atoms with Crippen LogP contribution in [0.5, 0.6) is 5.75 Å². The van der Waals surface area contributed by atoms with Crippen molar-refractivity contribution in [3.05, 3.63) is 66.2 Å². The van der Waals surface area contributed by atoms with Crippen LogP contribution in [0.4, 0.5) is 5.69 Å². The lowest BCUT2D eigenvalue weighted by Gasteiger charge is -2.11. The molecule has 0 unspecified atom stereocenters. The van der Waals surface area contributed by atoms with Crippen LogP contribution in [-0.4, -0.2) is 34.0 Å². The van der Waals surface area contributed by atoms with Gasteiger partial charge in [-0.1, -0.05) is 24.3 Å². The maximum absolute atomic E-state index is 12.4. The predicted molar refractivity (Wildman–Crippen MR) is 107 cm³/mol. The van der Waals surface area contributed by atoms with Gasteiger partial charge in [0.15, 0.2) is 6.61 Å². The van der Waals surface area contributed by atoms with Crippen molar-refractivity contribution < 1.29 is 27.5 Å². The largest absolute Gasteiger partial charge is 0.496 e.